The molecular weight excluding hydrogens is 370 g/mol. The normalized spacial score (nSPS) is 14.6. The van der Waals surface area contributed by atoms with E-state index in [-0.39, 0.29) is 5.91 Å². The summed E-state index contributed by atoms with van der Waals surface area (Å²) in [5, 5.41) is 6.36. The first-order valence-corrected chi connectivity index (χ1v) is 9.98. The molecule has 1 amide bonds. The second kappa shape index (κ2) is 10.0. The smallest absolute Gasteiger partial charge is 0.257 e. The molecule has 1 fully saturated rings. The molecule has 0 unspecified atom stereocenters. The number of hydrogen-bond donors (Lipinski definition) is 2. The third kappa shape index (κ3) is 5.31. The van der Waals surface area contributed by atoms with Crippen LogP contribution in [0.5, 0.6) is 17.2 Å². The zero-order chi connectivity index (χ0) is 20.6. The summed E-state index contributed by atoms with van der Waals surface area (Å²) in [5.74, 6) is 1.47. The molecule has 2 aromatic rings. The van der Waals surface area contributed by atoms with Crippen molar-refractivity contribution >= 4 is 17.4 Å². The molecule has 1 heterocycles. The van der Waals surface area contributed by atoms with Gasteiger partial charge in [0, 0.05) is 11.6 Å². The highest BCUT2D eigenvalue weighted by atomic mass is 16.5. The van der Waals surface area contributed by atoms with Crippen molar-refractivity contribution in [2.45, 2.75) is 44.6 Å². The Morgan fingerprint density at radius 3 is 2.14 bits per heavy atom. The van der Waals surface area contributed by atoms with Gasteiger partial charge in [0.15, 0.2) is 11.5 Å². The molecule has 29 heavy (non-hydrogen) atoms. The van der Waals surface area contributed by atoms with E-state index in [0.29, 0.717) is 34.7 Å². The van der Waals surface area contributed by atoms with Crippen molar-refractivity contribution in [2.75, 3.05) is 32.0 Å². The Kier molecular flexibility index (Phi) is 7.16. The van der Waals surface area contributed by atoms with E-state index in [9.17, 15) is 4.79 Å². The zero-order valence-electron chi connectivity index (χ0n) is 17.3. The predicted octanol–water partition coefficient (Wildman–Crippen LogP) is 4.49. The van der Waals surface area contributed by atoms with Gasteiger partial charge in [0.2, 0.25) is 5.75 Å². The molecule has 0 bridgehead atoms. The molecule has 0 saturated heterocycles. The van der Waals surface area contributed by atoms with Crippen molar-refractivity contribution in [2.24, 2.45) is 0 Å². The van der Waals surface area contributed by atoms with Gasteiger partial charge in [-0.1, -0.05) is 25.7 Å². The van der Waals surface area contributed by atoms with Crippen LogP contribution in [0.1, 0.15) is 48.9 Å². The minimum Gasteiger partial charge on any atom is -0.493 e. The second-order valence-corrected chi connectivity index (χ2v) is 7.13. The lowest BCUT2D eigenvalue weighted by Gasteiger charge is -2.17. The monoisotopic (exact) mass is 399 g/mol. The van der Waals surface area contributed by atoms with Crippen LogP contribution < -0.4 is 24.8 Å². The van der Waals surface area contributed by atoms with Gasteiger partial charge in [-0.2, -0.15) is 0 Å². The fourth-order valence-corrected chi connectivity index (χ4v) is 3.61. The number of rotatable bonds is 7. The average Bonchev–Trinajstić information content (AvgIpc) is 3.02. The first-order valence-electron chi connectivity index (χ1n) is 9.98. The maximum Gasteiger partial charge on any atom is 0.257 e. The van der Waals surface area contributed by atoms with Crippen LogP contribution in [0.4, 0.5) is 11.5 Å². The molecule has 7 nitrogen and oxygen atoms in total. The average molecular weight is 399 g/mol. The summed E-state index contributed by atoms with van der Waals surface area (Å²) in [6.45, 7) is 0. The number of carbonyl (C=O) groups excluding carboxylic acids is 1. The molecule has 156 valence electrons. The summed E-state index contributed by atoms with van der Waals surface area (Å²) in [7, 11) is 4.55. The van der Waals surface area contributed by atoms with Crippen LogP contribution in [0.2, 0.25) is 0 Å². The van der Waals surface area contributed by atoms with Crippen LogP contribution in [0.15, 0.2) is 30.5 Å². The molecule has 2 N–H and O–H groups in total. The number of hydrogen-bond acceptors (Lipinski definition) is 6. The molecule has 0 aliphatic heterocycles. The fourth-order valence-electron chi connectivity index (χ4n) is 3.61. The standard InChI is InChI=1S/C22H29N3O4/c1-27-18-12-15(13-19(28-2)21(18)29-3)22(26)25-20-11-10-17(14-23-20)24-16-8-6-4-5-7-9-16/h10-14,16,24H,4-9H2,1-3H3,(H,23,25,26). The number of aromatic nitrogens is 1. The third-order valence-electron chi connectivity index (χ3n) is 5.16. The van der Waals surface area contributed by atoms with Gasteiger partial charge >= 0.3 is 0 Å². The number of pyridine rings is 1. The second-order valence-electron chi connectivity index (χ2n) is 7.13. The summed E-state index contributed by atoms with van der Waals surface area (Å²) in [6, 6.07) is 7.47. The molecule has 1 saturated carbocycles. The highest BCUT2D eigenvalue weighted by Crippen LogP contribution is 2.38. The maximum atomic E-state index is 12.7. The number of carbonyl (C=O) groups is 1. The van der Waals surface area contributed by atoms with Gasteiger partial charge < -0.3 is 24.8 Å². The van der Waals surface area contributed by atoms with E-state index in [1.165, 1.54) is 59.9 Å². The lowest BCUT2D eigenvalue weighted by molar-refractivity contribution is 0.102. The summed E-state index contributed by atoms with van der Waals surface area (Å²) in [5.41, 5.74) is 1.37. The third-order valence-corrected chi connectivity index (χ3v) is 5.16. The van der Waals surface area contributed by atoms with E-state index >= 15 is 0 Å². The molecule has 0 spiro atoms. The van der Waals surface area contributed by atoms with Crippen molar-refractivity contribution in [3.63, 3.8) is 0 Å². The molecule has 3 rings (SSSR count). The van der Waals surface area contributed by atoms with E-state index < -0.39 is 0 Å². The number of amides is 1. The van der Waals surface area contributed by atoms with Crippen LogP contribution in [0, 0.1) is 0 Å². The van der Waals surface area contributed by atoms with E-state index in [2.05, 4.69) is 15.6 Å². The van der Waals surface area contributed by atoms with Crippen LogP contribution in [0.3, 0.4) is 0 Å². The lowest BCUT2D eigenvalue weighted by Crippen LogP contribution is -2.18. The van der Waals surface area contributed by atoms with Gasteiger partial charge in [0.25, 0.3) is 5.91 Å². The van der Waals surface area contributed by atoms with Gasteiger partial charge in [-0.3, -0.25) is 4.79 Å². The molecule has 7 heteroatoms. The van der Waals surface area contributed by atoms with E-state index in [4.69, 9.17) is 14.2 Å². The Morgan fingerprint density at radius 2 is 1.62 bits per heavy atom. The highest BCUT2D eigenvalue weighted by Gasteiger charge is 2.17. The van der Waals surface area contributed by atoms with Crippen molar-refractivity contribution in [3.05, 3.63) is 36.0 Å². The van der Waals surface area contributed by atoms with Crippen molar-refractivity contribution in [1.29, 1.82) is 0 Å². The number of methoxy groups -OCH3 is 3. The lowest BCUT2D eigenvalue weighted by atomic mass is 10.1. The molecule has 1 aromatic heterocycles. The summed E-state index contributed by atoms with van der Waals surface area (Å²) < 4.78 is 15.9. The fraction of sp³-hybridized carbons (Fsp3) is 0.455. The number of nitrogens with one attached hydrogen (secondary N) is 2. The number of ether oxygens (including phenoxy) is 3. The zero-order valence-corrected chi connectivity index (χ0v) is 17.3. The molecule has 0 atom stereocenters. The highest BCUT2D eigenvalue weighted by molar-refractivity contribution is 6.04. The van der Waals surface area contributed by atoms with Gasteiger partial charge in [-0.25, -0.2) is 4.98 Å². The molecular formula is C22H29N3O4. The number of anilines is 2. The Hall–Kier alpha value is -2.96. The molecule has 1 aromatic carbocycles. The van der Waals surface area contributed by atoms with Crippen molar-refractivity contribution in [1.82, 2.24) is 4.98 Å². The Morgan fingerprint density at radius 1 is 0.966 bits per heavy atom. The Balaban J connectivity index is 1.67. The van der Waals surface area contributed by atoms with Crippen LogP contribution >= 0.6 is 0 Å². The first kappa shape index (κ1) is 20.8. The van der Waals surface area contributed by atoms with Gasteiger partial charge in [0.1, 0.15) is 5.82 Å². The van der Waals surface area contributed by atoms with Gasteiger partial charge in [-0.15, -0.1) is 0 Å². The first-order chi connectivity index (χ1) is 14.1. The summed E-state index contributed by atoms with van der Waals surface area (Å²) in [6.07, 6.45) is 9.33. The number of benzene rings is 1. The van der Waals surface area contributed by atoms with Crippen LogP contribution in [-0.2, 0) is 0 Å². The predicted molar refractivity (Wildman–Crippen MR) is 113 cm³/mol. The van der Waals surface area contributed by atoms with Gasteiger partial charge in [0.05, 0.1) is 33.2 Å². The van der Waals surface area contributed by atoms with E-state index in [1.807, 2.05) is 6.07 Å². The van der Waals surface area contributed by atoms with Gasteiger partial charge in [-0.05, 0) is 37.1 Å². The van der Waals surface area contributed by atoms with Crippen molar-refractivity contribution in [3.8, 4) is 17.2 Å². The van der Waals surface area contributed by atoms with Crippen LogP contribution in [0.25, 0.3) is 0 Å². The SMILES string of the molecule is COc1cc(C(=O)Nc2ccc(NC3CCCCCC3)cn2)cc(OC)c1OC. The van der Waals surface area contributed by atoms with Crippen molar-refractivity contribution < 1.29 is 19.0 Å². The van der Waals surface area contributed by atoms with E-state index in [0.717, 1.165) is 5.69 Å². The minimum absolute atomic E-state index is 0.304. The number of nitrogens with zero attached hydrogens (tertiary/aromatic N) is 1. The molecule has 0 radical (unpaired) electrons. The quantitative estimate of drug-likeness (QED) is 0.668. The van der Waals surface area contributed by atoms with Crippen LogP contribution in [-0.4, -0.2) is 38.3 Å². The topological polar surface area (TPSA) is 81.7 Å². The minimum atomic E-state index is -0.304. The summed E-state index contributed by atoms with van der Waals surface area (Å²) in [4.78, 5) is 17.0. The Labute approximate surface area is 171 Å². The largest absolute Gasteiger partial charge is 0.493 e. The van der Waals surface area contributed by atoms with E-state index in [1.54, 1.807) is 24.4 Å². The Bertz CT molecular complexity index is 790. The maximum absolute atomic E-state index is 12.7. The summed E-state index contributed by atoms with van der Waals surface area (Å²) >= 11 is 0. The molecule has 1 aliphatic carbocycles. The molecule has 1 aliphatic rings.